The largest absolute Gasteiger partial charge is 0.545 e. The number of hydrogen-bond donors (Lipinski definition) is 0. The number of carbonyl (C=O) groups is 1. The molecular formula is C21H15IN3O4-. The molecule has 0 saturated carbocycles. The summed E-state index contributed by atoms with van der Waals surface area (Å²) in [6.07, 6.45) is 1.64. The van der Waals surface area contributed by atoms with Crippen LogP contribution < -0.4 is 14.6 Å². The molecule has 4 rings (SSSR count). The van der Waals surface area contributed by atoms with Crippen LogP contribution in [0, 0.1) is 3.70 Å². The highest BCUT2D eigenvalue weighted by molar-refractivity contribution is 14.1. The quantitative estimate of drug-likeness (QED) is 0.378. The van der Waals surface area contributed by atoms with Crippen LogP contribution in [0.15, 0.2) is 60.8 Å². The summed E-state index contributed by atoms with van der Waals surface area (Å²) >= 11 is 2.14. The zero-order valence-electron chi connectivity index (χ0n) is 15.3. The number of hydrogen-bond acceptors (Lipinski definition) is 6. The molecule has 2 aromatic heterocycles. The SMILES string of the molecule is COc1ccc(Cn2nc(I)c3c(Oc4cccc(C(=O)[O-])c4)ccnc32)cc1. The van der Waals surface area contributed by atoms with Gasteiger partial charge in [0.15, 0.2) is 5.65 Å². The second-order valence-corrected chi connectivity index (χ2v) is 7.24. The van der Waals surface area contributed by atoms with Crippen molar-refractivity contribution >= 4 is 39.6 Å². The molecule has 0 radical (unpaired) electrons. The fraction of sp³-hybridized carbons (Fsp3) is 0.0952. The summed E-state index contributed by atoms with van der Waals surface area (Å²) in [5, 5.41) is 16.5. The Morgan fingerprint density at radius 2 is 1.93 bits per heavy atom. The van der Waals surface area contributed by atoms with E-state index in [1.165, 1.54) is 12.1 Å². The van der Waals surface area contributed by atoms with E-state index in [0.717, 1.165) is 20.4 Å². The lowest BCUT2D eigenvalue weighted by molar-refractivity contribution is -0.255. The number of carboxylic acid groups (broad SMARTS) is 1. The van der Waals surface area contributed by atoms with E-state index < -0.39 is 5.97 Å². The maximum Gasteiger partial charge on any atom is 0.163 e. The molecule has 0 N–H and O–H groups in total. The number of benzene rings is 2. The fourth-order valence-corrected chi connectivity index (χ4v) is 3.71. The molecule has 0 saturated heterocycles. The lowest BCUT2D eigenvalue weighted by atomic mass is 10.2. The van der Waals surface area contributed by atoms with E-state index in [9.17, 15) is 9.90 Å². The minimum Gasteiger partial charge on any atom is -0.545 e. The van der Waals surface area contributed by atoms with Crippen LogP contribution >= 0.6 is 22.6 Å². The molecule has 0 atom stereocenters. The number of methoxy groups -OCH3 is 1. The Balaban J connectivity index is 1.68. The van der Waals surface area contributed by atoms with Crippen molar-refractivity contribution in [3.63, 3.8) is 0 Å². The molecule has 0 aliphatic carbocycles. The van der Waals surface area contributed by atoms with Crippen LogP contribution in [0.1, 0.15) is 15.9 Å². The molecule has 0 aliphatic rings. The summed E-state index contributed by atoms with van der Waals surface area (Å²) in [6, 6.07) is 15.7. The van der Waals surface area contributed by atoms with Crippen molar-refractivity contribution in [2.24, 2.45) is 0 Å². The molecule has 2 heterocycles. The average molecular weight is 500 g/mol. The summed E-state index contributed by atoms with van der Waals surface area (Å²) in [4.78, 5) is 15.6. The topological polar surface area (TPSA) is 89.3 Å². The number of halogens is 1. The first-order chi connectivity index (χ1) is 14.0. The predicted octanol–water partition coefficient (Wildman–Crippen LogP) is 3.25. The van der Waals surface area contributed by atoms with Crippen molar-refractivity contribution in [2.45, 2.75) is 6.54 Å². The van der Waals surface area contributed by atoms with Crippen molar-refractivity contribution in [1.29, 1.82) is 0 Å². The highest BCUT2D eigenvalue weighted by atomic mass is 127. The van der Waals surface area contributed by atoms with Crippen LogP contribution in [-0.4, -0.2) is 27.8 Å². The average Bonchev–Trinajstić information content (AvgIpc) is 3.05. The number of nitrogens with zero attached hydrogens (tertiary/aromatic N) is 3. The molecule has 0 aliphatic heterocycles. The van der Waals surface area contributed by atoms with E-state index in [2.05, 4.69) is 32.7 Å². The summed E-state index contributed by atoms with van der Waals surface area (Å²) in [6.45, 7) is 0.542. The third-order valence-electron chi connectivity index (χ3n) is 4.34. The number of aromatic carboxylic acids is 1. The monoisotopic (exact) mass is 500 g/mol. The Morgan fingerprint density at radius 3 is 2.66 bits per heavy atom. The number of carboxylic acids is 1. The molecular weight excluding hydrogens is 485 g/mol. The molecule has 2 aromatic carbocycles. The number of ether oxygens (including phenoxy) is 2. The fourth-order valence-electron chi connectivity index (χ4n) is 2.94. The number of rotatable bonds is 6. The van der Waals surface area contributed by atoms with Crippen LogP contribution in [-0.2, 0) is 6.54 Å². The zero-order chi connectivity index (χ0) is 20.4. The highest BCUT2D eigenvalue weighted by Gasteiger charge is 2.16. The Morgan fingerprint density at radius 1 is 1.14 bits per heavy atom. The van der Waals surface area contributed by atoms with Gasteiger partial charge in [-0.25, -0.2) is 9.67 Å². The van der Waals surface area contributed by atoms with Crippen LogP contribution in [0.5, 0.6) is 17.2 Å². The van der Waals surface area contributed by atoms with Crippen LogP contribution in [0.25, 0.3) is 11.0 Å². The number of carbonyl (C=O) groups excluding carboxylic acids is 1. The first kappa shape index (κ1) is 19.2. The third-order valence-corrected chi connectivity index (χ3v) is 5.10. The van der Waals surface area contributed by atoms with Gasteiger partial charge in [0.05, 0.1) is 25.0 Å². The van der Waals surface area contributed by atoms with E-state index in [1.807, 2.05) is 28.9 Å². The molecule has 0 unspecified atom stereocenters. The molecule has 7 nitrogen and oxygen atoms in total. The van der Waals surface area contributed by atoms with Gasteiger partial charge in [-0.05, 0) is 52.4 Å². The normalized spacial score (nSPS) is 10.8. The smallest absolute Gasteiger partial charge is 0.163 e. The number of aromatic nitrogens is 3. The zero-order valence-corrected chi connectivity index (χ0v) is 17.5. The molecule has 0 spiro atoms. The van der Waals surface area contributed by atoms with E-state index in [1.54, 1.807) is 31.5 Å². The van der Waals surface area contributed by atoms with E-state index in [0.29, 0.717) is 23.7 Å². The number of pyridine rings is 1. The van der Waals surface area contributed by atoms with Crippen molar-refractivity contribution in [2.75, 3.05) is 7.11 Å². The van der Waals surface area contributed by atoms with Crippen molar-refractivity contribution < 1.29 is 19.4 Å². The van der Waals surface area contributed by atoms with Crippen LogP contribution in [0.2, 0.25) is 0 Å². The Hall–Kier alpha value is -3.14. The molecule has 4 aromatic rings. The summed E-state index contributed by atoms with van der Waals surface area (Å²) in [5.74, 6) is 0.493. The van der Waals surface area contributed by atoms with Gasteiger partial charge in [-0.2, -0.15) is 5.10 Å². The lowest BCUT2D eigenvalue weighted by Gasteiger charge is -2.09. The standard InChI is InChI=1S/C21H16IN3O4/c1-28-15-7-5-13(6-8-15)12-25-20-18(19(22)24-25)17(9-10-23-20)29-16-4-2-3-14(11-16)21(26)27/h2-11H,12H2,1H3,(H,26,27)/p-1. The van der Waals surface area contributed by atoms with Gasteiger partial charge in [0, 0.05) is 17.8 Å². The van der Waals surface area contributed by atoms with Crippen LogP contribution in [0.3, 0.4) is 0 Å². The van der Waals surface area contributed by atoms with E-state index >= 15 is 0 Å². The minimum absolute atomic E-state index is 0.0534. The highest BCUT2D eigenvalue weighted by Crippen LogP contribution is 2.32. The third kappa shape index (κ3) is 4.02. The molecule has 29 heavy (non-hydrogen) atoms. The van der Waals surface area contributed by atoms with Crippen molar-refractivity contribution in [1.82, 2.24) is 14.8 Å². The first-order valence-electron chi connectivity index (χ1n) is 8.68. The molecule has 8 heteroatoms. The Labute approximate surface area is 180 Å². The van der Waals surface area contributed by atoms with Gasteiger partial charge in [0.2, 0.25) is 0 Å². The van der Waals surface area contributed by atoms with Gasteiger partial charge >= 0.3 is 0 Å². The second kappa shape index (κ2) is 8.08. The van der Waals surface area contributed by atoms with Gasteiger partial charge in [0.1, 0.15) is 20.9 Å². The number of fused-ring (bicyclic) bond motifs is 1. The predicted molar refractivity (Wildman–Crippen MR) is 113 cm³/mol. The van der Waals surface area contributed by atoms with Crippen LogP contribution in [0.4, 0.5) is 0 Å². The lowest BCUT2D eigenvalue weighted by Crippen LogP contribution is -2.21. The van der Waals surface area contributed by atoms with Gasteiger partial charge in [-0.3, -0.25) is 0 Å². The first-order valence-corrected chi connectivity index (χ1v) is 9.76. The minimum atomic E-state index is -1.25. The molecule has 146 valence electrons. The van der Waals surface area contributed by atoms with Gasteiger partial charge in [-0.15, -0.1) is 0 Å². The summed E-state index contributed by atoms with van der Waals surface area (Å²) < 4.78 is 13.7. The molecule has 0 fully saturated rings. The second-order valence-electron chi connectivity index (χ2n) is 6.22. The maximum absolute atomic E-state index is 11.1. The van der Waals surface area contributed by atoms with Crippen molar-refractivity contribution in [3.8, 4) is 17.2 Å². The molecule has 0 bridgehead atoms. The van der Waals surface area contributed by atoms with Gasteiger partial charge < -0.3 is 19.4 Å². The maximum atomic E-state index is 11.1. The van der Waals surface area contributed by atoms with Gasteiger partial charge in [-0.1, -0.05) is 24.3 Å². The van der Waals surface area contributed by atoms with E-state index in [4.69, 9.17) is 9.47 Å². The Bertz CT molecular complexity index is 1190. The molecule has 0 amide bonds. The summed E-state index contributed by atoms with van der Waals surface area (Å²) in [7, 11) is 1.63. The van der Waals surface area contributed by atoms with Gasteiger partial charge in [0.25, 0.3) is 0 Å². The Kier molecular flexibility index (Phi) is 5.34. The van der Waals surface area contributed by atoms with E-state index in [-0.39, 0.29) is 5.56 Å². The van der Waals surface area contributed by atoms with Crippen molar-refractivity contribution in [3.05, 3.63) is 75.6 Å². The summed E-state index contributed by atoms with van der Waals surface area (Å²) in [5.41, 5.74) is 1.79.